The second-order valence-electron chi connectivity index (χ2n) is 10.3. The topological polar surface area (TPSA) is 21.3 Å². The lowest BCUT2D eigenvalue weighted by Crippen LogP contribution is -2.58. The Bertz CT molecular complexity index is 1120. The number of rotatable bonds is 6. The van der Waals surface area contributed by atoms with Gasteiger partial charge in [0.2, 0.25) is 0 Å². The molecular formula is C28H29Cl2NO. The Morgan fingerprint density at radius 2 is 1.59 bits per heavy atom. The lowest BCUT2D eigenvalue weighted by atomic mass is 9.53. The van der Waals surface area contributed by atoms with Crippen LogP contribution in [0.25, 0.3) is 10.8 Å². The minimum atomic E-state index is 0.322. The van der Waals surface area contributed by atoms with Crippen molar-refractivity contribution < 1.29 is 4.74 Å². The van der Waals surface area contributed by atoms with Gasteiger partial charge in [0.15, 0.2) is 0 Å². The molecule has 4 bridgehead atoms. The van der Waals surface area contributed by atoms with Crippen LogP contribution < -0.4 is 10.1 Å². The normalized spacial score (nSPS) is 28.4. The Morgan fingerprint density at radius 3 is 2.31 bits per heavy atom. The average molecular weight is 466 g/mol. The van der Waals surface area contributed by atoms with Crippen molar-refractivity contribution in [3.05, 3.63) is 75.8 Å². The van der Waals surface area contributed by atoms with E-state index in [0.717, 1.165) is 35.6 Å². The highest BCUT2D eigenvalue weighted by Gasteiger charge is 2.50. The van der Waals surface area contributed by atoms with Crippen LogP contribution in [0, 0.1) is 17.8 Å². The fourth-order valence-electron chi connectivity index (χ4n) is 7.03. The van der Waals surface area contributed by atoms with Crippen LogP contribution in [-0.2, 0) is 13.2 Å². The second kappa shape index (κ2) is 8.24. The molecule has 0 unspecified atom stereocenters. The Hall–Kier alpha value is -1.74. The molecule has 4 heteroatoms. The van der Waals surface area contributed by atoms with E-state index in [1.54, 1.807) is 6.07 Å². The number of halogens is 2. The maximum Gasteiger partial charge on any atom is 0.124 e. The van der Waals surface area contributed by atoms with Gasteiger partial charge in [-0.2, -0.15) is 0 Å². The molecule has 4 fully saturated rings. The van der Waals surface area contributed by atoms with Gasteiger partial charge in [-0.15, -0.1) is 0 Å². The summed E-state index contributed by atoms with van der Waals surface area (Å²) in [7, 11) is 0. The summed E-state index contributed by atoms with van der Waals surface area (Å²) in [6.07, 6.45) is 8.43. The molecule has 32 heavy (non-hydrogen) atoms. The predicted octanol–water partition coefficient (Wildman–Crippen LogP) is 7.78. The van der Waals surface area contributed by atoms with Gasteiger partial charge in [-0.3, -0.25) is 0 Å². The minimum Gasteiger partial charge on any atom is -0.488 e. The van der Waals surface area contributed by atoms with Crippen LogP contribution in [0.3, 0.4) is 0 Å². The number of hydrogen-bond acceptors (Lipinski definition) is 2. The highest BCUT2D eigenvalue weighted by Crippen LogP contribution is 2.55. The van der Waals surface area contributed by atoms with E-state index in [1.165, 1.54) is 54.9 Å². The summed E-state index contributed by atoms with van der Waals surface area (Å²) < 4.78 is 6.36. The summed E-state index contributed by atoms with van der Waals surface area (Å²) in [4.78, 5) is 0. The molecule has 0 saturated heterocycles. The van der Waals surface area contributed by atoms with Crippen molar-refractivity contribution in [2.24, 2.45) is 17.8 Å². The van der Waals surface area contributed by atoms with Gasteiger partial charge in [0.1, 0.15) is 12.4 Å². The molecule has 1 N–H and O–H groups in total. The summed E-state index contributed by atoms with van der Waals surface area (Å²) in [5, 5.41) is 7.88. The highest BCUT2D eigenvalue weighted by molar-refractivity contribution is 6.35. The monoisotopic (exact) mass is 465 g/mol. The molecule has 3 aromatic carbocycles. The Balaban J connectivity index is 1.28. The molecule has 4 aliphatic rings. The molecule has 0 amide bonds. The number of hydrogen-bond donors (Lipinski definition) is 1. The largest absolute Gasteiger partial charge is 0.488 e. The van der Waals surface area contributed by atoms with Gasteiger partial charge >= 0.3 is 0 Å². The lowest BCUT2D eigenvalue weighted by molar-refractivity contribution is -0.0206. The van der Waals surface area contributed by atoms with E-state index in [4.69, 9.17) is 27.9 Å². The standard InChI is InChI=1S/C28H29Cl2NO/c29-23-7-5-22(26(30)12-23)17-32-27-8-6-21-3-1-2-4-24(21)25(27)16-31-28-13-18-9-19(14-28)11-20(10-18)15-28/h1-8,12,18-20,31H,9-11,13-17H2. The third-order valence-corrected chi connectivity index (χ3v) is 8.66. The van der Waals surface area contributed by atoms with Gasteiger partial charge in [0.25, 0.3) is 0 Å². The number of nitrogens with one attached hydrogen (secondary N) is 1. The fraction of sp³-hybridized carbons (Fsp3) is 0.429. The zero-order chi connectivity index (χ0) is 21.7. The zero-order valence-corrected chi connectivity index (χ0v) is 19.8. The lowest BCUT2D eigenvalue weighted by Gasteiger charge is -2.57. The van der Waals surface area contributed by atoms with Crippen LogP contribution in [0.5, 0.6) is 5.75 Å². The van der Waals surface area contributed by atoms with E-state index >= 15 is 0 Å². The van der Waals surface area contributed by atoms with Gasteiger partial charge in [0, 0.05) is 33.3 Å². The molecule has 0 heterocycles. The highest BCUT2D eigenvalue weighted by atomic mass is 35.5. The van der Waals surface area contributed by atoms with Crippen molar-refractivity contribution in [3.63, 3.8) is 0 Å². The molecule has 0 spiro atoms. The average Bonchev–Trinajstić information content (AvgIpc) is 2.76. The summed E-state index contributed by atoms with van der Waals surface area (Å²) in [5.41, 5.74) is 2.52. The number of ether oxygens (including phenoxy) is 1. The summed E-state index contributed by atoms with van der Waals surface area (Å²) >= 11 is 12.5. The Kier molecular flexibility index (Phi) is 5.36. The SMILES string of the molecule is Clc1ccc(COc2ccc3ccccc3c2CNC23CC4CC(CC(C4)C2)C3)c(Cl)c1. The maximum atomic E-state index is 6.39. The van der Waals surface area contributed by atoms with Gasteiger partial charge < -0.3 is 10.1 Å². The molecule has 0 aromatic heterocycles. The zero-order valence-electron chi connectivity index (χ0n) is 18.2. The maximum absolute atomic E-state index is 6.39. The van der Waals surface area contributed by atoms with Crippen LogP contribution in [-0.4, -0.2) is 5.54 Å². The Morgan fingerprint density at radius 1 is 0.875 bits per heavy atom. The van der Waals surface area contributed by atoms with Gasteiger partial charge in [-0.25, -0.2) is 0 Å². The third-order valence-electron chi connectivity index (χ3n) is 8.07. The van der Waals surface area contributed by atoms with E-state index < -0.39 is 0 Å². The van der Waals surface area contributed by atoms with Crippen LogP contribution in [0.2, 0.25) is 10.0 Å². The fourth-order valence-corrected chi connectivity index (χ4v) is 7.49. The quantitative estimate of drug-likeness (QED) is 0.400. The molecule has 0 aliphatic heterocycles. The van der Waals surface area contributed by atoms with Crippen LogP contribution in [0.4, 0.5) is 0 Å². The summed E-state index contributed by atoms with van der Waals surface area (Å²) in [6.45, 7) is 1.27. The van der Waals surface area contributed by atoms with Crippen molar-refractivity contribution in [2.45, 2.75) is 57.2 Å². The van der Waals surface area contributed by atoms with Gasteiger partial charge in [-0.1, -0.05) is 59.6 Å². The number of fused-ring (bicyclic) bond motifs is 1. The van der Waals surface area contributed by atoms with Crippen molar-refractivity contribution in [1.29, 1.82) is 0 Å². The third kappa shape index (κ3) is 3.91. The molecule has 0 atom stereocenters. The van der Waals surface area contributed by atoms with Crippen molar-refractivity contribution in [1.82, 2.24) is 5.32 Å². The van der Waals surface area contributed by atoms with E-state index in [2.05, 4.69) is 41.7 Å². The van der Waals surface area contributed by atoms with Crippen LogP contribution in [0.1, 0.15) is 49.7 Å². The first-order valence-corrected chi connectivity index (χ1v) is 12.6. The predicted molar refractivity (Wildman–Crippen MR) is 132 cm³/mol. The molecule has 2 nitrogen and oxygen atoms in total. The first-order chi connectivity index (χ1) is 15.6. The first kappa shape index (κ1) is 20.8. The van der Waals surface area contributed by atoms with Gasteiger partial charge in [0.05, 0.1) is 0 Å². The molecule has 0 radical (unpaired) electrons. The van der Waals surface area contributed by atoms with Crippen LogP contribution >= 0.6 is 23.2 Å². The summed E-state index contributed by atoms with van der Waals surface area (Å²) in [5.74, 6) is 3.74. The van der Waals surface area contributed by atoms with Crippen molar-refractivity contribution >= 4 is 34.0 Å². The molecule has 4 aliphatic carbocycles. The van der Waals surface area contributed by atoms with Crippen LogP contribution in [0.15, 0.2) is 54.6 Å². The first-order valence-electron chi connectivity index (χ1n) is 11.9. The van der Waals surface area contributed by atoms with Crippen molar-refractivity contribution in [3.8, 4) is 5.75 Å². The van der Waals surface area contributed by atoms with E-state index in [0.29, 0.717) is 22.2 Å². The molecule has 166 valence electrons. The molecule has 4 saturated carbocycles. The second-order valence-corrected chi connectivity index (χ2v) is 11.2. The minimum absolute atomic E-state index is 0.322. The molecule has 7 rings (SSSR count). The van der Waals surface area contributed by atoms with E-state index in [1.807, 2.05) is 12.1 Å². The summed E-state index contributed by atoms with van der Waals surface area (Å²) in [6, 6.07) is 18.5. The van der Waals surface area contributed by atoms with E-state index in [-0.39, 0.29) is 0 Å². The smallest absolute Gasteiger partial charge is 0.124 e. The number of benzene rings is 3. The molecular weight excluding hydrogens is 437 g/mol. The van der Waals surface area contributed by atoms with Crippen molar-refractivity contribution in [2.75, 3.05) is 0 Å². The Labute approximate surface area is 200 Å². The van der Waals surface area contributed by atoms with Gasteiger partial charge in [-0.05, 0) is 85.3 Å². The van der Waals surface area contributed by atoms with E-state index in [9.17, 15) is 0 Å². The molecule has 3 aromatic rings.